The Morgan fingerprint density at radius 2 is 1.69 bits per heavy atom. The Kier molecular flexibility index (Phi) is 12.1. The van der Waals surface area contributed by atoms with E-state index in [2.05, 4.69) is 116 Å². The van der Waals surface area contributed by atoms with Crippen LogP contribution in [0.25, 0.3) is 16.5 Å². The minimum Gasteiger partial charge on any atom is -0.349 e. The average molecular weight is 935 g/mol. The number of carbonyl (C=O) groups excluding carboxylic acids is 3. The molecule has 10 rings (SSSR count). The third-order valence-corrected chi connectivity index (χ3v) is 15.1. The molecule has 3 aromatic carbocycles. The van der Waals surface area contributed by atoms with E-state index in [1.54, 1.807) is 18.7 Å². The molecule has 64 heavy (non-hydrogen) atoms. The first-order chi connectivity index (χ1) is 30.6. The lowest BCUT2D eigenvalue weighted by Crippen LogP contribution is -2.71. The van der Waals surface area contributed by atoms with E-state index in [0.29, 0.717) is 25.9 Å². The number of aromatic nitrogens is 1. The van der Waals surface area contributed by atoms with Gasteiger partial charge in [0.1, 0.15) is 12.1 Å². The Labute approximate surface area is 386 Å². The van der Waals surface area contributed by atoms with Crippen LogP contribution in [0.3, 0.4) is 0 Å². The summed E-state index contributed by atoms with van der Waals surface area (Å²) in [6.45, 7) is 10.8. The number of aliphatic hydroxyl groups is 1. The van der Waals surface area contributed by atoms with Gasteiger partial charge in [0.25, 0.3) is 11.8 Å². The highest BCUT2D eigenvalue weighted by Gasteiger charge is 2.72. The molecule has 6 aliphatic rings. The molecule has 4 aromatic rings. The Morgan fingerprint density at radius 3 is 2.34 bits per heavy atom. The van der Waals surface area contributed by atoms with Crippen LogP contribution in [0.5, 0.6) is 0 Å². The van der Waals surface area contributed by atoms with Gasteiger partial charge in [-0.25, -0.2) is 0 Å². The molecule has 0 unspecified atom stereocenters. The van der Waals surface area contributed by atoms with Crippen molar-refractivity contribution >= 4 is 61.5 Å². The summed E-state index contributed by atoms with van der Waals surface area (Å²) in [5.74, 6) is -4.01. The molecule has 3 saturated heterocycles. The summed E-state index contributed by atoms with van der Waals surface area (Å²) >= 11 is 3.70. The number of aromatic amines is 1. The summed E-state index contributed by atoms with van der Waals surface area (Å²) in [4.78, 5) is 55.6. The van der Waals surface area contributed by atoms with E-state index in [1.807, 2.05) is 33.0 Å². The standard InChI is InChI=1S/C32H40BrN5O5.C19H24N2/c1-16(2)12-24-29(40)37-11-7-10-25(37)32(42)38(24)30(41)31(43-32,17(3)4)35-28(39)18-13-20-19-8-6-9-22-26(19)21(27(33)34-22)14-23(20)36(5)15-18;1-20(2)14-7-15-21-18-10-5-3-8-16(18)12-13-17-9-4-6-11-19(17)21/h6,8-9,13,16-18,23-25,34,42H,7,10-12,14-15H2,1-5H3,(H,35,39);3-6,8-11H,7,12-15H2,1-2H3/t18-,23-,24+,25+,31-,32+;/m1./s1. The topological polar surface area (TPSA) is 125 Å². The van der Waals surface area contributed by atoms with Gasteiger partial charge in [-0.15, -0.1) is 0 Å². The van der Waals surface area contributed by atoms with Crippen LogP contribution < -0.4 is 10.2 Å². The number of amides is 3. The lowest BCUT2D eigenvalue weighted by atomic mass is 9.79. The molecule has 6 atom stereocenters. The van der Waals surface area contributed by atoms with E-state index in [4.69, 9.17) is 4.74 Å². The van der Waals surface area contributed by atoms with Gasteiger partial charge in [-0.1, -0.05) is 82.3 Å². The minimum absolute atomic E-state index is 0.104. The second-order valence-electron chi connectivity index (χ2n) is 19.8. The first kappa shape index (κ1) is 44.7. The molecule has 12 nitrogen and oxygen atoms in total. The zero-order chi connectivity index (χ0) is 45.2. The van der Waals surface area contributed by atoms with Crippen molar-refractivity contribution < 1.29 is 24.2 Å². The number of carbonyl (C=O) groups is 3. The molecular formula is C51H64BrN7O5. The maximum Gasteiger partial charge on any atom is 0.281 e. The number of aryl methyl sites for hydroxylation is 2. The zero-order valence-electron chi connectivity index (χ0n) is 38.4. The highest BCUT2D eigenvalue weighted by molar-refractivity contribution is 9.10. The molecule has 6 heterocycles. The fraction of sp³-hybridized carbons (Fsp3) is 0.510. The number of rotatable bonds is 9. The van der Waals surface area contributed by atoms with Gasteiger partial charge in [0, 0.05) is 53.9 Å². The third-order valence-electron chi connectivity index (χ3n) is 14.5. The van der Waals surface area contributed by atoms with Crippen LogP contribution in [0.2, 0.25) is 0 Å². The Hall–Kier alpha value is -4.53. The van der Waals surface area contributed by atoms with Crippen LogP contribution in [0.4, 0.5) is 11.4 Å². The molecular weight excluding hydrogens is 871 g/mol. The van der Waals surface area contributed by atoms with Crippen molar-refractivity contribution in [2.24, 2.45) is 17.8 Å². The van der Waals surface area contributed by atoms with E-state index >= 15 is 0 Å². The largest absolute Gasteiger partial charge is 0.349 e. The number of fused-ring (bicyclic) bond motifs is 7. The summed E-state index contributed by atoms with van der Waals surface area (Å²) in [5.41, 5.74) is 8.40. The normalized spacial score (nSPS) is 27.2. The van der Waals surface area contributed by atoms with Crippen molar-refractivity contribution in [2.75, 3.05) is 52.2 Å². The Balaban J connectivity index is 0.000000207. The number of anilines is 2. The number of hydrogen-bond donors (Lipinski definition) is 3. The SMILES string of the molecule is CC(C)C[C@H]1C(=O)N2CCC[C@H]2[C@]2(O)O[C@](NC(=O)[C@@H]3C=C4c5cccc6[nH]c(Br)c(c56)C[C@H]4N(C)C3)(C(C)C)C(=O)N12.CN(C)CCCN1c2ccccc2CCc2ccccc21. The van der Waals surface area contributed by atoms with Crippen LogP contribution in [0.15, 0.2) is 77.4 Å². The molecule has 1 aromatic heterocycles. The van der Waals surface area contributed by atoms with E-state index in [-0.39, 0.29) is 23.8 Å². The Bertz CT molecular complexity index is 2440. The lowest BCUT2D eigenvalue weighted by Gasteiger charge is -2.49. The fourth-order valence-electron chi connectivity index (χ4n) is 11.3. The number of para-hydroxylation sites is 2. The quantitative estimate of drug-likeness (QED) is 0.163. The molecule has 0 saturated carbocycles. The summed E-state index contributed by atoms with van der Waals surface area (Å²) < 4.78 is 7.43. The second kappa shape index (κ2) is 17.4. The molecule has 3 N–H and O–H groups in total. The zero-order valence-corrected chi connectivity index (χ0v) is 40.0. The average Bonchev–Trinajstić information content (AvgIpc) is 3.92. The summed E-state index contributed by atoms with van der Waals surface area (Å²) in [5, 5.41) is 16.3. The molecule has 0 radical (unpaired) electrons. The first-order valence-electron chi connectivity index (χ1n) is 23.3. The van der Waals surface area contributed by atoms with Crippen LogP contribution in [-0.4, -0.2) is 124 Å². The fourth-order valence-corrected chi connectivity index (χ4v) is 11.9. The van der Waals surface area contributed by atoms with E-state index < -0.39 is 41.5 Å². The molecule has 1 aliphatic carbocycles. The lowest BCUT2D eigenvalue weighted by molar-refractivity contribution is -0.322. The van der Waals surface area contributed by atoms with Gasteiger partial charge >= 0.3 is 0 Å². The molecule has 3 fully saturated rings. The maximum absolute atomic E-state index is 14.4. The predicted molar refractivity (Wildman–Crippen MR) is 255 cm³/mol. The molecule has 0 spiro atoms. The van der Waals surface area contributed by atoms with Gasteiger partial charge in [-0.05, 0) is 141 Å². The van der Waals surface area contributed by atoms with Gasteiger partial charge in [0.05, 0.1) is 10.5 Å². The highest BCUT2D eigenvalue weighted by atomic mass is 79.9. The van der Waals surface area contributed by atoms with Gasteiger partial charge in [-0.2, -0.15) is 0 Å². The summed E-state index contributed by atoms with van der Waals surface area (Å²) in [7, 11) is 6.31. The molecule has 0 bridgehead atoms. The minimum atomic E-state index is -2.01. The number of hydrogen-bond acceptors (Lipinski definition) is 8. The number of piperazine rings is 1. The van der Waals surface area contributed by atoms with Crippen LogP contribution in [0.1, 0.15) is 75.6 Å². The van der Waals surface area contributed by atoms with Gasteiger partial charge in [-0.3, -0.25) is 28.9 Å². The van der Waals surface area contributed by atoms with E-state index in [0.717, 1.165) is 60.0 Å². The molecule has 5 aliphatic heterocycles. The Morgan fingerprint density at radius 1 is 1.00 bits per heavy atom. The molecule has 13 heteroatoms. The highest BCUT2D eigenvalue weighted by Crippen LogP contribution is 2.49. The monoisotopic (exact) mass is 933 g/mol. The number of benzene rings is 3. The molecule has 3 amide bonds. The maximum atomic E-state index is 14.4. The van der Waals surface area contributed by atoms with Crippen LogP contribution in [-0.2, 0) is 38.4 Å². The molecule has 340 valence electrons. The predicted octanol–water partition coefficient (Wildman–Crippen LogP) is 7.07. The van der Waals surface area contributed by atoms with Crippen molar-refractivity contribution in [2.45, 2.75) is 102 Å². The van der Waals surface area contributed by atoms with Crippen LogP contribution in [0, 0.1) is 17.8 Å². The van der Waals surface area contributed by atoms with Crippen molar-refractivity contribution in [3.8, 4) is 0 Å². The van der Waals surface area contributed by atoms with Crippen molar-refractivity contribution in [1.82, 2.24) is 29.9 Å². The first-order valence-corrected chi connectivity index (χ1v) is 24.1. The second-order valence-corrected chi connectivity index (χ2v) is 20.5. The van der Waals surface area contributed by atoms with Gasteiger partial charge in [0.2, 0.25) is 17.5 Å². The van der Waals surface area contributed by atoms with E-state index in [1.165, 1.54) is 44.8 Å². The number of halogens is 1. The van der Waals surface area contributed by atoms with Crippen molar-refractivity contribution in [3.63, 3.8) is 0 Å². The number of nitrogens with zero attached hydrogens (tertiary/aromatic N) is 5. The smallest absolute Gasteiger partial charge is 0.281 e. The van der Waals surface area contributed by atoms with Gasteiger partial charge in [0.15, 0.2) is 0 Å². The van der Waals surface area contributed by atoms with Crippen molar-refractivity contribution in [3.05, 3.63) is 99.7 Å². The van der Waals surface area contributed by atoms with E-state index in [9.17, 15) is 19.5 Å². The third kappa shape index (κ3) is 7.58. The summed E-state index contributed by atoms with van der Waals surface area (Å²) in [6.07, 6.45) is 7.94. The number of ether oxygens (including phenoxy) is 1. The van der Waals surface area contributed by atoms with Crippen LogP contribution >= 0.6 is 15.9 Å². The van der Waals surface area contributed by atoms with Gasteiger partial charge < -0.3 is 30.1 Å². The van der Waals surface area contributed by atoms with Crippen molar-refractivity contribution in [1.29, 1.82) is 0 Å². The number of nitrogens with one attached hydrogen (secondary N) is 2. The summed E-state index contributed by atoms with van der Waals surface area (Å²) in [6, 6.07) is 22.5. The number of likely N-dealkylation sites (N-methyl/N-ethyl adjacent to an activating group) is 1. The number of H-pyrrole nitrogens is 1.